The lowest BCUT2D eigenvalue weighted by atomic mass is 10.0. The van der Waals surface area contributed by atoms with Gasteiger partial charge in [-0.15, -0.1) is 0 Å². The predicted molar refractivity (Wildman–Crippen MR) is 79.3 cm³/mol. The molecule has 1 unspecified atom stereocenters. The molecule has 0 saturated heterocycles. The fourth-order valence-electron chi connectivity index (χ4n) is 1.99. The summed E-state index contributed by atoms with van der Waals surface area (Å²) in [4.78, 5) is 0. The summed E-state index contributed by atoms with van der Waals surface area (Å²) in [6.45, 7) is 4.09. The van der Waals surface area contributed by atoms with Crippen LogP contribution >= 0.6 is 0 Å². The van der Waals surface area contributed by atoms with E-state index in [1.165, 1.54) is 5.56 Å². The quantitative estimate of drug-likeness (QED) is 0.466. The number of aliphatic hydroxyl groups is 1. The highest BCUT2D eigenvalue weighted by Gasteiger charge is 2.08. The van der Waals surface area contributed by atoms with Crippen LogP contribution in [0.15, 0.2) is 24.3 Å². The Hall–Kier alpha value is -0.940. The number of rotatable bonds is 9. The third kappa shape index (κ3) is 6.68. The Morgan fingerprint density at radius 1 is 1.21 bits per heavy atom. The SMILES string of the molecule is CCCCN(N)CC(O)CCc1ccc(CN)cc1. The fraction of sp³-hybridized carbons (Fsp3) is 0.600. The van der Waals surface area contributed by atoms with Crippen molar-refractivity contribution in [3.05, 3.63) is 35.4 Å². The van der Waals surface area contributed by atoms with Gasteiger partial charge in [0.2, 0.25) is 0 Å². The summed E-state index contributed by atoms with van der Waals surface area (Å²) in [7, 11) is 0. The molecule has 1 aromatic carbocycles. The third-order valence-electron chi connectivity index (χ3n) is 3.27. The zero-order valence-corrected chi connectivity index (χ0v) is 11.9. The van der Waals surface area contributed by atoms with Gasteiger partial charge in [-0.1, -0.05) is 37.6 Å². The summed E-state index contributed by atoms with van der Waals surface area (Å²) in [5.74, 6) is 5.83. The first-order valence-corrected chi connectivity index (χ1v) is 7.11. The zero-order chi connectivity index (χ0) is 14.1. The van der Waals surface area contributed by atoms with Gasteiger partial charge in [-0.3, -0.25) is 5.84 Å². The molecule has 0 aliphatic heterocycles. The Morgan fingerprint density at radius 2 is 1.84 bits per heavy atom. The Labute approximate surface area is 116 Å². The van der Waals surface area contributed by atoms with Crippen LogP contribution in [0.2, 0.25) is 0 Å². The first kappa shape index (κ1) is 16.1. The van der Waals surface area contributed by atoms with E-state index in [0.717, 1.165) is 37.8 Å². The molecule has 1 aromatic rings. The summed E-state index contributed by atoms with van der Waals surface area (Å²) in [5, 5.41) is 11.7. The maximum Gasteiger partial charge on any atom is 0.0684 e. The van der Waals surface area contributed by atoms with Crippen molar-refractivity contribution in [3.63, 3.8) is 0 Å². The highest BCUT2D eigenvalue weighted by Crippen LogP contribution is 2.08. The summed E-state index contributed by atoms with van der Waals surface area (Å²) >= 11 is 0. The Balaban J connectivity index is 2.26. The molecule has 0 fully saturated rings. The standard InChI is InChI=1S/C15H27N3O/c1-2-3-10-18(17)12-15(19)9-8-13-4-6-14(11-16)7-5-13/h4-7,15,19H,2-3,8-12,16-17H2,1H3. The van der Waals surface area contributed by atoms with Gasteiger partial charge in [0.25, 0.3) is 0 Å². The summed E-state index contributed by atoms with van der Waals surface area (Å²) in [6, 6.07) is 8.23. The largest absolute Gasteiger partial charge is 0.392 e. The van der Waals surface area contributed by atoms with Gasteiger partial charge in [0.1, 0.15) is 0 Å². The molecule has 4 heteroatoms. The molecule has 0 amide bonds. The number of hydrazine groups is 1. The highest BCUT2D eigenvalue weighted by molar-refractivity contribution is 5.22. The van der Waals surface area contributed by atoms with Crippen LogP contribution < -0.4 is 11.6 Å². The van der Waals surface area contributed by atoms with Crippen LogP contribution in [-0.2, 0) is 13.0 Å². The average Bonchev–Trinajstić information content (AvgIpc) is 2.43. The van der Waals surface area contributed by atoms with Crippen molar-refractivity contribution in [3.8, 4) is 0 Å². The lowest BCUT2D eigenvalue weighted by molar-refractivity contribution is 0.105. The molecular weight excluding hydrogens is 238 g/mol. The van der Waals surface area contributed by atoms with Crippen LogP contribution in [0, 0.1) is 0 Å². The van der Waals surface area contributed by atoms with E-state index in [9.17, 15) is 5.11 Å². The van der Waals surface area contributed by atoms with Gasteiger partial charge in [-0.2, -0.15) is 0 Å². The molecule has 1 rings (SSSR count). The summed E-state index contributed by atoms with van der Waals surface area (Å²) in [5.41, 5.74) is 7.92. The number of unbranched alkanes of at least 4 members (excludes halogenated alkanes) is 1. The van der Waals surface area contributed by atoms with Crippen molar-refractivity contribution < 1.29 is 5.11 Å². The van der Waals surface area contributed by atoms with Crippen LogP contribution in [0.3, 0.4) is 0 Å². The van der Waals surface area contributed by atoms with E-state index in [1.54, 1.807) is 5.01 Å². The van der Waals surface area contributed by atoms with Crippen LogP contribution in [0.5, 0.6) is 0 Å². The number of aryl methyl sites for hydroxylation is 1. The van der Waals surface area contributed by atoms with Gasteiger partial charge in [-0.05, 0) is 30.4 Å². The van der Waals surface area contributed by atoms with E-state index in [-0.39, 0.29) is 6.10 Å². The van der Waals surface area contributed by atoms with Gasteiger partial charge in [-0.25, -0.2) is 5.01 Å². The van der Waals surface area contributed by atoms with Gasteiger partial charge in [0.05, 0.1) is 6.10 Å². The van der Waals surface area contributed by atoms with E-state index < -0.39 is 0 Å². The van der Waals surface area contributed by atoms with Crippen molar-refractivity contribution in [2.45, 2.75) is 45.3 Å². The monoisotopic (exact) mass is 265 g/mol. The number of aliphatic hydroxyl groups excluding tert-OH is 1. The smallest absolute Gasteiger partial charge is 0.0684 e. The molecule has 0 spiro atoms. The lowest BCUT2D eigenvalue weighted by Gasteiger charge is -2.19. The first-order valence-electron chi connectivity index (χ1n) is 7.11. The fourth-order valence-corrected chi connectivity index (χ4v) is 1.99. The Kier molecular flexibility index (Phi) is 7.67. The van der Waals surface area contributed by atoms with E-state index in [4.69, 9.17) is 11.6 Å². The van der Waals surface area contributed by atoms with E-state index >= 15 is 0 Å². The maximum absolute atomic E-state index is 9.94. The second kappa shape index (κ2) is 9.04. The normalized spacial score (nSPS) is 12.9. The predicted octanol–water partition coefficient (Wildman–Crippen LogP) is 1.41. The second-order valence-electron chi connectivity index (χ2n) is 5.06. The van der Waals surface area contributed by atoms with Gasteiger partial charge >= 0.3 is 0 Å². The number of hydrogen-bond donors (Lipinski definition) is 3. The van der Waals surface area contributed by atoms with E-state index in [1.807, 2.05) is 12.1 Å². The lowest BCUT2D eigenvalue weighted by Crippen LogP contribution is -2.38. The van der Waals surface area contributed by atoms with E-state index in [0.29, 0.717) is 13.1 Å². The second-order valence-corrected chi connectivity index (χ2v) is 5.06. The number of hydrogen-bond acceptors (Lipinski definition) is 4. The third-order valence-corrected chi connectivity index (χ3v) is 3.27. The molecule has 4 nitrogen and oxygen atoms in total. The summed E-state index contributed by atoms with van der Waals surface area (Å²) < 4.78 is 0. The van der Waals surface area contributed by atoms with Gasteiger partial charge in [0, 0.05) is 19.6 Å². The first-order chi connectivity index (χ1) is 9.15. The number of nitrogens with zero attached hydrogens (tertiary/aromatic N) is 1. The minimum absolute atomic E-state index is 0.365. The molecule has 1 atom stereocenters. The van der Waals surface area contributed by atoms with Crippen molar-refractivity contribution in [2.24, 2.45) is 11.6 Å². The minimum atomic E-state index is -0.365. The minimum Gasteiger partial charge on any atom is -0.392 e. The average molecular weight is 265 g/mol. The van der Waals surface area contributed by atoms with Crippen LogP contribution in [-0.4, -0.2) is 29.3 Å². The number of benzene rings is 1. The number of nitrogens with two attached hydrogens (primary N) is 2. The molecule has 0 saturated carbocycles. The van der Waals surface area contributed by atoms with Crippen molar-refractivity contribution in [1.29, 1.82) is 0 Å². The molecule has 19 heavy (non-hydrogen) atoms. The Bertz CT molecular complexity index is 340. The molecule has 5 N–H and O–H groups in total. The topological polar surface area (TPSA) is 75.5 Å². The molecule has 0 aromatic heterocycles. The van der Waals surface area contributed by atoms with E-state index in [2.05, 4.69) is 19.1 Å². The zero-order valence-electron chi connectivity index (χ0n) is 11.9. The molecular formula is C15H27N3O. The van der Waals surface area contributed by atoms with Crippen LogP contribution in [0.25, 0.3) is 0 Å². The Morgan fingerprint density at radius 3 is 2.42 bits per heavy atom. The summed E-state index contributed by atoms with van der Waals surface area (Å²) in [6.07, 6.45) is 3.44. The molecule has 108 valence electrons. The molecule has 0 aliphatic rings. The van der Waals surface area contributed by atoms with Crippen molar-refractivity contribution >= 4 is 0 Å². The molecule has 0 bridgehead atoms. The van der Waals surface area contributed by atoms with Crippen LogP contribution in [0.1, 0.15) is 37.3 Å². The van der Waals surface area contributed by atoms with Crippen LogP contribution in [0.4, 0.5) is 0 Å². The molecule has 0 radical (unpaired) electrons. The van der Waals surface area contributed by atoms with Crippen molar-refractivity contribution in [1.82, 2.24) is 5.01 Å². The molecule has 0 aliphatic carbocycles. The van der Waals surface area contributed by atoms with Crippen molar-refractivity contribution in [2.75, 3.05) is 13.1 Å². The van der Waals surface area contributed by atoms with Gasteiger partial charge < -0.3 is 10.8 Å². The van der Waals surface area contributed by atoms with Gasteiger partial charge in [0.15, 0.2) is 0 Å². The maximum atomic E-state index is 9.94. The highest BCUT2D eigenvalue weighted by atomic mass is 16.3. The molecule has 0 heterocycles.